The summed E-state index contributed by atoms with van der Waals surface area (Å²) in [6.07, 6.45) is 4.86. The van der Waals surface area contributed by atoms with Crippen molar-refractivity contribution < 1.29 is 0 Å². The zero-order chi connectivity index (χ0) is 15.8. The Morgan fingerprint density at radius 1 is 1.27 bits per heavy atom. The van der Waals surface area contributed by atoms with Crippen LogP contribution in [0, 0.1) is 6.92 Å². The number of nitrogens with zero attached hydrogens (tertiary/aromatic N) is 3. The van der Waals surface area contributed by atoms with Crippen LogP contribution in [-0.2, 0) is 6.54 Å². The van der Waals surface area contributed by atoms with Crippen molar-refractivity contribution in [3.8, 4) is 0 Å². The summed E-state index contributed by atoms with van der Waals surface area (Å²) in [7, 11) is 0. The Kier molecular flexibility index (Phi) is 6.25. The predicted molar refractivity (Wildman–Crippen MR) is 93.1 cm³/mol. The van der Waals surface area contributed by atoms with Crippen molar-refractivity contribution in [3.63, 3.8) is 0 Å². The minimum absolute atomic E-state index is 0.540. The predicted octanol–water partition coefficient (Wildman–Crippen LogP) is 2.83. The molecule has 0 aliphatic carbocycles. The van der Waals surface area contributed by atoms with Crippen LogP contribution in [0.2, 0.25) is 0 Å². The van der Waals surface area contributed by atoms with Gasteiger partial charge in [-0.15, -0.1) is 0 Å². The van der Waals surface area contributed by atoms with Crippen LogP contribution in [0.4, 0.5) is 0 Å². The van der Waals surface area contributed by atoms with Gasteiger partial charge in [0.15, 0.2) is 5.96 Å². The van der Waals surface area contributed by atoms with E-state index in [-0.39, 0.29) is 0 Å². The van der Waals surface area contributed by atoms with Crippen LogP contribution in [0.3, 0.4) is 0 Å². The highest BCUT2D eigenvalue weighted by Gasteiger charge is 2.05. The molecule has 0 atom stereocenters. The average Bonchev–Trinajstić information content (AvgIpc) is 2.83. The largest absolute Gasteiger partial charge is 0.370 e. The van der Waals surface area contributed by atoms with E-state index in [0.717, 1.165) is 42.9 Å². The number of guanidine groups is 1. The summed E-state index contributed by atoms with van der Waals surface area (Å²) >= 11 is 0. The number of rotatable bonds is 8. The Morgan fingerprint density at radius 2 is 2.09 bits per heavy atom. The summed E-state index contributed by atoms with van der Waals surface area (Å²) in [5.74, 6) is 1.57. The first kappa shape index (κ1) is 16.3. The molecule has 0 spiro atoms. The first-order valence-electron chi connectivity index (χ1n) is 8.18. The second-order valence-corrected chi connectivity index (χ2v) is 5.55. The van der Waals surface area contributed by atoms with Gasteiger partial charge in [-0.25, -0.2) is 4.98 Å². The average molecular weight is 301 g/mol. The molecular formula is C17H27N5. The monoisotopic (exact) mass is 301 g/mol. The van der Waals surface area contributed by atoms with E-state index in [1.165, 1.54) is 19.3 Å². The molecule has 0 fully saturated rings. The standard InChI is InChI=1S/C17H27N5/c1-3-4-5-8-11-19-17(18)20-12-13-22-14(2)21-15-9-6-7-10-16(15)22/h6-7,9-10H,3-5,8,11-13H2,1-2H3,(H3,18,19,20). The van der Waals surface area contributed by atoms with Gasteiger partial charge in [-0.2, -0.15) is 0 Å². The summed E-state index contributed by atoms with van der Waals surface area (Å²) < 4.78 is 2.21. The Labute approximate surface area is 132 Å². The second-order valence-electron chi connectivity index (χ2n) is 5.55. The van der Waals surface area contributed by atoms with Crippen LogP contribution in [-0.4, -0.2) is 28.6 Å². The Hall–Kier alpha value is -2.04. The van der Waals surface area contributed by atoms with Crippen molar-refractivity contribution in [2.24, 2.45) is 10.7 Å². The molecule has 0 radical (unpaired) electrons. The van der Waals surface area contributed by atoms with E-state index >= 15 is 0 Å². The summed E-state index contributed by atoms with van der Waals surface area (Å²) in [6, 6.07) is 8.19. The summed E-state index contributed by atoms with van der Waals surface area (Å²) in [4.78, 5) is 8.92. The number of imidazole rings is 1. The van der Waals surface area contributed by atoms with E-state index < -0.39 is 0 Å². The highest BCUT2D eigenvalue weighted by Crippen LogP contribution is 2.14. The Morgan fingerprint density at radius 3 is 2.91 bits per heavy atom. The van der Waals surface area contributed by atoms with Gasteiger partial charge in [-0.05, 0) is 25.5 Å². The number of aromatic nitrogens is 2. The van der Waals surface area contributed by atoms with Crippen molar-refractivity contribution in [1.29, 1.82) is 0 Å². The number of nitrogens with one attached hydrogen (secondary N) is 1. The van der Waals surface area contributed by atoms with Crippen LogP contribution >= 0.6 is 0 Å². The van der Waals surface area contributed by atoms with Gasteiger partial charge in [-0.1, -0.05) is 38.3 Å². The number of nitrogens with two attached hydrogens (primary N) is 1. The van der Waals surface area contributed by atoms with Crippen molar-refractivity contribution in [2.45, 2.75) is 46.1 Å². The molecule has 1 aromatic carbocycles. The molecule has 120 valence electrons. The molecule has 0 saturated heterocycles. The smallest absolute Gasteiger partial charge is 0.188 e. The maximum Gasteiger partial charge on any atom is 0.188 e. The van der Waals surface area contributed by atoms with Gasteiger partial charge in [0.05, 0.1) is 11.0 Å². The quantitative estimate of drug-likeness (QED) is 0.447. The molecule has 0 unspecified atom stereocenters. The number of aliphatic imine (C=N–C) groups is 1. The molecule has 0 amide bonds. The molecule has 5 nitrogen and oxygen atoms in total. The zero-order valence-corrected chi connectivity index (χ0v) is 13.7. The number of hydrogen-bond acceptors (Lipinski definition) is 2. The molecule has 0 aliphatic rings. The number of para-hydroxylation sites is 2. The van der Waals surface area contributed by atoms with Gasteiger partial charge in [0.2, 0.25) is 0 Å². The van der Waals surface area contributed by atoms with Crippen molar-refractivity contribution in [2.75, 3.05) is 13.1 Å². The van der Waals surface area contributed by atoms with Gasteiger partial charge in [0, 0.05) is 19.6 Å². The zero-order valence-electron chi connectivity index (χ0n) is 13.7. The van der Waals surface area contributed by atoms with Gasteiger partial charge >= 0.3 is 0 Å². The van der Waals surface area contributed by atoms with Crippen LogP contribution in [0.15, 0.2) is 29.3 Å². The summed E-state index contributed by atoms with van der Waals surface area (Å²) in [6.45, 7) is 6.64. The summed E-state index contributed by atoms with van der Waals surface area (Å²) in [5.41, 5.74) is 8.10. The number of benzene rings is 1. The molecule has 1 heterocycles. The van der Waals surface area contributed by atoms with E-state index in [4.69, 9.17) is 5.73 Å². The van der Waals surface area contributed by atoms with E-state index in [1.54, 1.807) is 0 Å². The van der Waals surface area contributed by atoms with Gasteiger partial charge in [-0.3, -0.25) is 4.99 Å². The maximum absolute atomic E-state index is 5.89. The number of aryl methyl sites for hydroxylation is 1. The molecule has 0 saturated carbocycles. The highest BCUT2D eigenvalue weighted by atomic mass is 15.1. The Bertz CT molecular complexity index is 615. The fourth-order valence-corrected chi connectivity index (χ4v) is 2.57. The van der Waals surface area contributed by atoms with Crippen molar-refractivity contribution in [1.82, 2.24) is 14.9 Å². The third kappa shape index (κ3) is 4.48. The molecule has 2 aromatic rings. The minimum atomic E-state index is 0.540. The highest BCUT2D eigenvalue weighted by molar-refractivity contribution is 5.78. The van der Waals surface area contributed by atoms with E-state index in [9.17, 15) is 0 Å². The molecule has 3 N–H and O–H groups in total. The fraction of sp³-hybridized carbons (Fsp3) is 0.529. The lowest BCUT2D eigenvalue weighted by molar-refractivity contribution is 0.659. The molecule has 0 bridgehead atoms. The van der Waals surface area contributed by atoms with Gasteiger partial charge in [0.1, 0.15) is 5.82 Å². The third-order valence-electron chi connectivity index (χ3n) is 3.78. The topological polar surface area (TPSA) is 68.2 Å². The van der Waals surface area contributed by atoms with Gasteiger partial charge in [0.25, 0.3) is 0 Å². The van der Waals surface area contributed by atoms with E-state index in [0.29, 0.717) is 5.96 Å². The number of hydrogen-bond donors (Lipinski definition) is 2. The van der Waals surface area contributed by atoms with Crippen molar-refractivity contribution >= 4 is 17.0 Å². The molecule has 1 aromatic heterocycles. The first-order valence-corrected chi connectivity index (χ1v) is 8.18. The lowest BCUT2D eigenvalue weighted by atomic mass is 10.2. The molecule has 2 rings (SSSR count). The fourth-order valence-electron chi connectivity index (χ4n) is 2.57. The Balaban J connectivity index is 1.80. The minimum Gasteiger partial charge on any atom is -0.370 e. The van der Waals surface area contributed by atoms with E-state index in [1.807, 2.05) is 25.1 Å². The SMILES string of the molecule is CCCCCCN=C(N)NCCn1c(C)nc2ccccc21. The third-order valence-corrected chi connectivity index (χ3v) is 3.78. The first-order chi connectivity index (χ1) is 10.7. The summed E-state index contributed by atoms with van der Waals surface area (Å²) in [5, 5.41) is 3.18. The maximum atomic E-state index is 5.89. The number of fused-ring (bicyclic) bond motifs is 1. The molecular weight excluding hydrogens is 274 g/mol. The second kappa shape index (κ2) is 8.41. The molecule has 0 aliphatic heterocycles. The normalized spacial score (nSPS) is 12.0. The molecule has 5 heteroatoms. The van der Waals surface area contributed by atoms with E-state index in [2.05, 4.69) is 32.9 Å². The van der Waals surface area contributed by atoms with Gasteiger partial charge < -0.3 is 15.6 Å². The lowest BCUT2D eigenvalue weighted by Gasteiger charge is -2.09. The van der Waals surface area contributed by atoms with Crippen LogP contribution in [0.5, 0.6) is 0 Å². The van der Waals surface area contributed by atoms with Crippen LogP contribution in [0.25, 0.3) is 11.0 Å². The van der Waals surface area contributed by atoms with Crippen LogP contribution in [0.1, 0.15) is 38.4 Å². The lowest BCUT2D eigenvalue weighted by Crippen LogP contribution is -2.34. The van der Waals surface area contributed by atoms with Crippen LogP contribution < -0.4 is 11.1 Å². The van der Waals surface area contributed by atoms with Crippen molar-refractivity contribution in [3.05, 3.63) is 30.1 Å². The molecule has 22 heavy (non-hydrogen) atoms. The number of unbranched alkanes of at least 4 members (excludes halogenated alkanes) is 3.